The minimum atomic E-state index is 0.242. The summed E-state index contributed by atoms with van der Waals surface area (Å²) < 4.78 is 0. The minimum absolute atomic E-state index is 0.242. The monoisotopic (exact) mass is 520 g/mol. The molecule has 2 nitrogen and oxygen atoms in total. The molecule has 1 aromatic rings. The Morgan fingerprint density at radius 3 is 2.51 bits per heavy atom. The smallest absolute Gasteiger partial charge is 0.0885 e. The number of hydrogen-bond donors (Lipinski definition) is 0. The Kier molecular flexibility index (Phi) is 5.00. The molecule has 7 aliphatic carbocycles. The molecule has 0 radical (unpaired) electrons. The van der Waals surface area contributed by atoms with E-state index in [0.717, 1.165) is 65.2 Å². The van der Waals surface area contributed by atoms with Gasteiger partial charge in [-0.05, 0) is 141 Å². The van der Waals surface area contributed by atoms with E-state index in [1.54, 1.807) is 11.1 Å². The lowest BCUT2D eigenvalue weighted by atomic mass is 9.43. The molecule has 1 aromatic heterocycles. The number of nitrogens with zero attached hydrogens (tertiary/aromatic N) is 2. The lowest BCUT2D eigenvalue weighted by Gasteiger charge is -2.60. The second kappa shape index (κ2) is 7.86. The maximum absolute atomic E-state index is 4.90. The zero-order chi connectivity index (χ0) is 27.1. The molecule has 2 heteroatoms. The quantitative estimate of drug-likeness (QED) is 0.395. The largest absolute Gasteiger partial charge is 0.258 e. The van der Waals surface area contributed by atoms with Crippen molar-refractivity contribution in [1.82, 2.24) is 9.97 Å². The van der Waals surface area contributed by atoms with Crippen molar-refractivity contribution >= 4 is 5.57 Å². The van der Waals surface area contributed by atoms with Crippen LogP contribution in [-0.2, 0) is 0 Å². The predicted molar refractivity (Wildman–Crippen MR) is 160 cm³/mol. The van der Waals surface area contributed by atoms with Gasteiger partial charge in [-0.25, -0.2) is 0 Å². The van der Waals surface area contributed by atoms with Gasteiger partial charge < -0.3 is 0 Å². The fraction of sp³-hybridized carbons (Fsp3) is 0.676. The van der Waals surface area contributed by atoms with E-state index in [1.165, 1.54) is 68.1 Å². The van der Waals surface area contributed by atoms with Crippen molar-refractivity contribution in [3.63, 3.8) is 0 Å². The van der Waals surface area contributed by atoms with E-state index in [0.29, 0.717) is 10.8 Å². The Morgan fingerprint density at radius 1 is 0.974 bits per heavy atom. The van der Waals surface area contributed by atoms with Crippen LogP contribution >= 0.6 is 0 Å². The molecule has 39 heavy (non-hydrogen) atoms. The van der Waals surface area contributed by atoms with Crippen LogP contribution < -0.4 is 0 Å². The zero-order valence-electron chi connectivity index (χ0n) is 25.0. The summed E-state index contributed by atoms with van der Waals surface area (Å²) in [6.07, 6.45) is 18.9. The van der Waals surface area contributed by atoms with Crippen LogP contribution in [0.2, 0.25) is 0 Å². The number of aromatic nitrogens is 2. The van der Waals surface area contributed by atoms with Gasteiger partial charge in [-0.1, -0.05) is 51.2 Å². The molecule has 1 heterocycles. The SMILES string of the molecule is C=C1CC(CC2CCC3C4CC5C6C7C=C(c8cnc(C)cn8)C(=C)C(C)(C4CCC23C)C756)CC(C)=C1CC. The molecule has 1 spiro atoms. The van der Waals surface area contributed by atoms with E-state index in [1.807, 2.05) is 19.3 Å². The second-order valence-electron chi connectivity index (χ2n) is 15.6. The van der Waals surface area contributed by atoms with E-state index in [-0.39, 0.29) is 5.41 Å². The van der Waals surface area contributed by atoms with Crippen LogP contribution in [0.5, 0.6) is 0 Å². The molecule has 5 saturated carbocycles. The van der Waals surface area contributed by atoms with Crippen LogP contribution in [0, 0.1) is 70.5 Å². The highest BCUT2D eigenvalue weighted by Gasteiger charge is 2.94. The van der Waals surface area contributed by atoms with Crippen LogP contribution in [0.15, 0.2) is 53.9 Å². The molecule has 5 fully saturated rings. The molecule has 0 saturated heterocycles. The van der Waals surface area contributed by atoms with Crippen LogP contribution in [0.1, 0.15) is 96.9 Å². The highest BCUT2D eigenvalue weighted by Crippen LogP contribution is 2.98. The van der Waals surface area contributed by atoms with E-state index < -0.39 is 0 Å². The molecule has 11 atom stereocenters. The summed E-state index contributed by atoms with van der Waals surface area (Å²) in [4.78, 5) is 9.45. The standard InChI is InChI=1S/C37H48N2/c1-8-26-20(2)13-24(14-21(26)3)15-25-9-10-29-28-17-32-34-31-16-27(33-19-38-22(4)18-39-33)23(5)36(7,37(31,32)34)30(28)11-12-35(25,29)6/h16,18-19,24-25,28-32,34H,2,5,8-15,17H2,1,3-4,6-7H3. The molecule has 8 rings (SSSR count). The number of fused-ring (bicyclic) bond motifs is 6. The number of rotatable bonds is 4. The number of hydrogen-bond acceptors (Lipinski definition) is 2. The Bertz CT molecular complexity index is 1350. The molecular weight excluding hydrogens is 472 g/mol. The first-order chi connectivity index (χ1) is 18.7. The molecule has 0 N–H and O–H groups in total. The van der Waals surface area contributed by atoms with Crippen molar-refractivity contribution in [2.45, 2.75) is 92.4 Å². The molecule has 0 bridgehead atoms. The third-order valence-corrected chi connectivity index (χ3v) is 14.5. The van der Waals surface area contributed by atoms with Gasteiger partial charge in [0.25, 0.3) is 0 Å². The lowest BCUT2D eigenvalue weighted by molar-refractivity contribution is -0.0854. The number of allylic oxidation sites excluding steroid dienone is 6. The van der Waals surface area contributed by atoms with Gasteiger partial charge in [0.15, 0.2) is 0 Å². The van der Waals surface area contributed by atoms with Gasteiger partial charge in [0, 0.05) is 17.2 Å². The summed E-state index contributed by atoms with van der Waals surface area (Å²) in [5, 5.41) is 0. The molecular formula is C37H48N2. The average Bonchev–Trinajstić information content (AvgIpc) is 3.74. The molecule has 0 aromatic carbocycles. The van der Waals surface area contributed by atoms with Crippen molar-refractivity contribution in [2.75, 3.05) is 0 Å². The van der Waals surface area contributed by atoms with Crippen molar-refractivity contribution in [1.29, 1.82) is 0 Å². The van der Waals surface area contributed by atoms with Gasteiger partial charge in [0.1, 0.15) is 0 Å². The minimum Gasteiger partial charge on any atom is -0.258 e. The van der Waals surface area contributed by atoms with E-state index in [2.05, 4.69) is 45.3 Å². The van der Waals surface area contributed by atoms with Gasteiger partial charge in [0.05, 0.1) is 17.6 Å². The summed E-state index contributed by atoms with van der Waals surface area (Å²) in [5.74, 6) is 6.94. The third-order valence-electron chi connectivity index (χ3n) is 14.5. The summed E-state index contributed by atoms with van der Waals surface area (Å²) in [6.45, 7) is 21.5. The van der Waals surface area contributed by atoms with Crippen LogP contribution in [0.25, 0.3) is 5.57 Å². The molecule has 0 amide bonds. The normalized spacial score (nSPS) is 49.1. The molecule has 11 unspecified atom stereocenters. The van der Waals surface area contributed by atoms with Crippen molar-refractivity contribution in [3.05, 3.63) is 65.3 Å². The Balaban J connectivity index is 1.07. The summed E-state index contributed by atoms with van der Waals surface area (Å²) >= 11 is 0. The first-order valence-corrected chi connectivity index (χ1v) is 16.2. The number of aryl methyl sites for hydroxylation is 1. The first kappa shape index (κ1) is 24.8. The summed E-state index contributed by atoms with van der Waals surface area (Å²) in [7, 11) is 0. The maximum atomic E-state index is 4.90. The van der Waals surface area contributed by atoms with Crippen LogP contribution in [-0.4, -0.2) is 9.97 Å². The fourth-order valence-corrected chi connectivity index (χ4v) is 12.8. The average molecular weight is 521 g/mol. The Morgan fingerprint density at radius 2 is 1.79 bits per heavy atom. The first-order valence-electron chi connectivity index (χ1n) is 16.2. The van der Waals surface area contributed by atoms with Crippen LogP contribution in [0.4, 0.5) is 0 Å². The molecule has 7 aliphatic rings. The van der Waals surface area contributed by atoms with Crippen molar-refractivity contribution < 1.29 is 0 Å². The maximum Gasteiger partial charge on any atom is 0.0885 e. The highest BCUT2D eigenvalue weighted by atomic mass is 15.0. The molecule has 206 valence electrons. The fourth-order valence-electron chi connectivity index (χ4n) is 12.8. The zero-order valence-corrected chi connectivity index (χ0v) is 25.0. The van der Waals surface area contributed by atoms with Crippen molar-refractivity contribution in [2.24, 2.45) is 63.6 Å². The topological polar surface area (TPSA) is 25.8 Å². The lowest BCUT2D eigenvalue weighted by Crippen LogP contribution is -2.54. The van der Waals surface area contributed by atoms with Gasteiger partial charge in [-0.2, -0.15) is 0 Å². The highest BCUT2D eigenvalue weighted by molar-refractivity contribution is 5.83. The van der Waals surface area contributed by atoms with Gasteiger partial charge in [-0.3, -0.25) is 9.97 Å². The van der Waals surface area contributed by atoms with Crippen LogP contribution in [0.3, 0.4) is 0 Å². The third kappa shape index (κ3) is 2.90. The predicted octanol–water partition coefficient (Wildman–Crippen LogP) is 9.15. The summed E-state index contributed by atoms with van der Waals surface area (Å²) in [6, 6.07) is 0. The van der Waals surface area contributed by atoms with E-state index in [4.69, 9.17) is 11.6 Å². The van der Waals surface area contributed by atoms with Gasteiger partial charge >= 0.3 is 0 Å². The molecule has 0 aliphatic heterocycles. The Labute approximate surface area is 236 Å². The van der Waals surface area contributed by atoms with Gasteiger partial charge in [0.2, 0.25) is 0 Å². The Hall–Kier alpha value is -1.96. The van der Waals surface area contributed by atoms with Crippen molar-refractivity contribution in [3.8, 4) is 0 Å². The second-order valence-corrected chi connectivity index (χ2v) is 15.6. The van der Waals surface area contributed by atoms with E-state index >= 15 is 0 Å². The van der Waals surface area contributed by atoms with Gasteiger partial charge in [-0.15, -0.1) is 0 Å². The van der Waals surface area contributed by atoms with E-state index in [9.17, 15) is 0 Å². The summed E-state index contributed by atoms with van der Waals surface area (Å²) in [5.41, 5.74) is 10.8.